The molecule has 0 atom stereocenters. The monoisotopic (exact) mass is 309 g/mol. The molecule has 0 aliphatic heterocycles. The lowest BCUT2D eigenvalue weighted by Crippen LogP contribution is -2.14. The Kier molecular flexibility index (Phi) is 4.87. The third-order valence-corrected chi connectivity index (χ3v) is 4.12. The zero-order valence-corrected chi connectivity index (χ0v) is 12.3. The van der Waals surface area contributed by atoms with Gasteiger partial charge in [0.05, 0.1) is 6.20 Å². The SMILES string of the molecule is CCNCc1ccc(NS(=O)(=O)c2cncc(F)c2)cc1. The highest BCUT2D eigenvalue weighted by atomic mass is 32.2. The van der Waals surface area contributed by atoms with E-state index in [1.54, 1.807) is 12.1 Å². The summed E-state index contributed by atoms with van der Waals surface area (Å²) < 4.78 is 39.6. The van der Waals surface area contributed by atoms with E-state index in [1.165, 1.54) is 0 Å². The minimum atomic E-state index is -3.83. The molecule has 1 aromatic heterocycles. The van der Waals surface area contributed by atoms with Crippen molar-refractivity contribution in [2.45, 2.75) is 18.4 Å². The van der Waals surface area contributed by atoms with Crippen LogP contribution in [0.1, 0.15) is 12.5 Å². The maximum absolute atomic E-state index is 13.0. The molecule has 0 fully saturated rings. The Morgan fingerprint density at radius 3 is 2.52 bits per heavy atom. The van der Waals surface area contributed by atoms with E-state index in [0.29, 0.717) is 5.69 Å². The first kappa shape index (κ1) is 15.4. The van der Waals surface area contributed by atoms with Crippen LogP contribution in [0.15, 0.2) is 47.6 Å². The molecule has 0 aliphatic rings. The van der Waals surface area contributed by atoms with Crippen molar-refractivity contribution in [1.29, 1.82) is 0 Å². The summed E-state index contributed by atoms with van der Waals surface area (Å²) in [4.78, 5) is 3.33. The molecule has 112 valence electrons. The molecule has 2 N–H and O–H groups in total. The summed E-state index contributed by atoms with van der Waals surface area (Å²) in [6.45, 7) is 3.59. The van der Waals surface area contributed by atoms with Crippen LogP contribution in [0.2, 0.25) is 0 Å². The molecular formula is C14H16FN3O2S. The highest BCUT2D eigenvalue weighted by Gasteiger charge is 2.15. The second kappa shape index (κ2) is 6.64. The van der Waals surface area contributed by atoms with E-state index >= 15 is 0 Å². The molecule has 1 heterocycles. The average molecular weight is 309 g/mol. The number of pyridine rings is 1. The van der Waals surface area contributed by atoms with Crippen molar-refractivity contribution in [3.8, 4) is 0 Å². The van der Waals surface area contributed by atoms with E-state index in [1.807, 2.05) is 19.1 Å². The molecule has 0 bridgehead atoms. The van der Waals surface area contributed by atoms with Gasteiger partial charge in [-0.05, 0) is 30.3 Å². The number of sulfonamides is 1. The minimum Gasteiger partial charge on any atom is -0.313 e. The number of nitrogens with one attached hydrogen (secondary N) is 2. The Labute approximate surface area is 123 Å². The Bertz CT molecular complexity index is 702. The maximum atomic E-state index is 13.0. The standard InChI is InChI=1S/C14H16FN3O2S/c1-2-16-8-11-3-5-13(6-4-11)18-21(19,20)14-7-12(15)9-17-10-14/h3-7,9-10,16,18H,2,8H2,1H3. The van der Waals surface area contributed by atoms with E-state index in [4.69, 9.17) is 0 Å². The van der Waals surface area contributed by atoms with Gasteiger partial charge in [-0.1, -0.05) is 19.1 Å². The predicted molar refractivity (Wildman–Crippen MR) is 78.8 cm³/mol. The van der Waals surface area contributed by atoms with Gasteiger partial charge >= 0.3 is 0 Å². The summed E-state index contributed by atoms with van der Waals surface area (Å²) in [5, 5.41) is 3.18. The Morgan fingerprint density at radius 1 is 1.19 bits per heavy atom. The summed E-state index contributed by atoms with van der Waals surface area (Å²) in [6, 6.07) is 7.90. The first-order chi connectivity index (χ1) is 10.0. The Morgan fingerprint density at radius 2 is 1.90 bits per heavy atom. The van der Waals surface area contributed by atoms with Crippen molar-refractivity contribution in [2.75, 3.05) is 11.3 Å². The molecule has 1 aromatic carbocycles. The zero-order valence-electron chi connectivity index (χ0n) is 11.5. The van der Waals surface area contributed by atoms with Gasteiger partial charge in [-0.2, -0.15) is 0 Å². The maximum Gasteiger partial charge on any atom is 0.263 e. The molecule has 0 radical (unpaired) electrons. The summed E-state index contributed by atoms with van der Waals surface area (Å²) in [6.07, 6.45) is 2.06. The van der Waals surface area contributed by atoms with Gasteiger partial charge in [0.15, 0.2) is 0 Å². The van der Waals surface area contributed by atoms with Gasteiger partial charge in [0.2, 0.25) is 0 Å². The summed E-state index contributed by atoms with van der Waals surface area (Å²) >= 11 is 0. The predicted octanol–water partition coefficient (Wildman–Crippen LogP) is 2.13. The van der Waals surface area contributed by atoms with E-state index in [0.717, 1.165) is 37.1 Å². The summed E-state index contributed by atoms with van der Waals surface area (Å²) in [5.41, 5.74) is 1.46. The fourth-order valence-corrected chi connectivity index (χ4v) is 2.74. The molecule has 0 amide bonds. The molecule has 2 aromatic rings. The van der Waals surface area contributed by atoms with E-state index in [9.17, 15) is 12.8 Å². The van der Waals surface area contributed by atoms with E-state index in [-0.39, 0.29) is 4.90 Å². The lowest BCUT2D eigenvalue weighted by Gasteiger charge is -2.09. The number of hydrogen-bond acceptors (Lipinski definition) is 4. The quantitative estimate of drug-likeness (QED) is 0.857. The topological polar surface area (TPSA) is 71.1 Å². The van der Waals surface area contributed by atoms with Gasteiger partial charge in [0, 0.05) is 18.4 Å². The van der Waals surface area contributed by atoms with Gasteiger partial charge in [0.1, 0.15) is 10.7 Å². The lowest BCUT2D eigenvalue weighted by atomic mass is 10.2. The van der Waals surface area contributed by atoms with Gasteiger partial charge in [-0.15, -0.1) is 0 Å². The first-order valence-electron chi connectivity index (χ1n) is 6.44. The molecule has 2 rings (SSSR count). The van der Waals surface area contributed by atoms with Crippen LogP contribution in [0.5, 0.6) is 0 Å². The van der Waals surface area contributed by atoms with E-state index < -0.39 is 15.8 Å². The molecule has 5 nitrogen and oxygen atoms in total. The smallest absolute Gasteiger partial charge is 0.263 e. The lowest BCUT2D eigenvalue weighted by molar-refractivity contribution is 0.592. The van der Waals surface area contributed by atoms with Crippen LogP contribution in [0.4, 0.5) is 10.1 Å². The normalized spacial score (nSPS) is 11.3. The number of hydrogen-bond donors (Lipinski definition) is 2. The van der Waals surface area contributed by atoms with Gasteiger partial charge in [-0.3, -0.25) is 9.71 Å². The number of nitrogens with zero attached hydrogens (tertiary/aromatic N) is 1. The van der Waals surface area contributed by atoms with Crippen LogP contribution in [-0.4, -0.2) is 19.9 Å². The average Bonchev–Trinajstić information content (AvgIpc) is 2.46. The number of benzene rings is 1. The van der Waals surface area contributed by atoms with Gasteiger partial charge in [0.25, 0.3) is 10.0 Å². The molecule has 0 spiro atoms. The number of aromatic nitrogens is 1. The van der Waals surface area contributed by atoms with Crippen molar-refractivity contribution in [2.24, 2.45) is 0 Å². The fraction of sp³-hybridized carbons (Fsp3) is 0.214. The summed E-state index contributed by atoms with van der Waals surface area (Å²) in [7, 11) is -3.83. The molecule has 0 unspecified atom stereocenters. The van der Waals surface area contributed by atoms with Crippen LogP contribution in [0, 0.1) is 5.82 Å². The van der Waals surface area contributed by atoms with Crippen molar-refractivity contribution >= 4 is 15.7 Å². The molecule has 0 saturated carbocycles. The molecular weight excluding hydrogens is 293 g/mol. The van der Waals surface area contributed by atoms with Crippen LogP contribution >= 0.6 is 0 Å². The number of rotatable bonds is 6. The fourth-order valence-electron chi connectivity index (χ4n) is 1.71. The van der Waals surface area contributed by atoms with E-state index in [2.05, 4.69) is 15.0 Å². The highest BCUT2D eigenvalue weighted by molar-refractivity contribution is 7.92. The number of halogens is 1. The van der Waals surface area contributed by atoms with Crippen molar-refractivity contribution in [3.05, 3.63) is 54.1 Å². The van der Waals surface area contributed by atoms with Crippen LogP contribution in [-0.2, 0) is 16.6 Å². The molecule has 7 heteroatoms. The first-order valence-corrected chi connectivity index (χ1v) is 7.92. The van der Waals surface area contributed by atoms with Crippen molar-refractivity contribution in [1.82, 2.24) is 10.3 Å². The van der Waals surface area contributed by atoms with Crippen molar-refractivity contribution < 1.29 is 12.8 Å². The highest BCUT2D eigenvalue weighted by Crippen LogP contribution is 2.16. The summed E-state index contributed by atoms with van der Waals surface area (Å²) in [5.74, 6) is -0.695. The van der Waals surface area contributed by atoms with Crippen molar-refractivity contribution in [3.63, 3.8) is 0 Å². The molecule has 0 aliphatic carbocycles. The molecule has 0 saturated heterocycles. The Hall–Kier alpha value is -1.99. The third-order valence-electron chi connectivity index (χ3n) is 2.78. The molecule has 21 heavy (non-hydrogen) atoms. The second-order valence-electron chi connectivity index (χ2n) is 4.42. The zero-order chi connectivity index (χ0) is 15.3. The minimum absolute atomic E-state index is 0.209. The second-order valence-corrected chi connectivity index (χ2v) is 6.10. The number of anilines is 1. The van der Waals surface area contributed by atoms with Crippen LogP contribution in [0.3, 0.4) is 0 Å². The van der Waals surface area contributed by atoms with Gasteiger partial charge in [-0.25, -0.2) is 12.8 Å². The third kappa shape index (κ3) is 4.24. The Balaban J connectivity index is 2.13. The van der Waals surface area contributed by atoms with Crippen LogP contribution < -0.4 is 10.0 Å². The largest absolute Gasteiger partial charge is 0.313 e. The van der Waals surface area contributed by atoms with Gasteiger partial charge < -0.3 is 5.32 Å². The van der Waals surface area contributed by atoms with Crippen LogP contribution in [0.25, 0.3) is 0 Å².